The third-order valence-corrected chi connectivity index (χ3v) is 7.29. The zero-order chi connectivity index (χ0) is 35.8. The molecule has 0 fully saturated rings. The Morgan fingerprint density at radius 3 is 1.79 bits per heavy atom. The average Bonchev–Trinajstić information content (AvgIpc) is 3.01. The minimum absolute atomic E-state index is 0.164. The summed E-state index contributed by atoms with van der Waals surface area (Å²) in [5.41, 5.74) is 12.0. The largest absolute Gasteiger partial charge is 0.480 e. The van der Waals surface area contributed by atoms with E-state index in [1.165, 1.54) is 6.92 Å². The van der Waals surface area contributed by atoms with Crippen LogP contribution in [0.2, 0.25) is 0 Å². The van der Waals surface area contributed by atoms with Gasteiger partial charge in [-0.2, -0.15) is 0 Å². The molecule has 0 saturated carbocycles. The van der Waals surface area contributed by atoms with Crippen LogP contribution in [0.3, 0.4) is 0 Å². The SMILES string of the molecule is CC[C@H](C)[C@H](NC(=O)[C@@H](NC(=O)[C@@H](NC(=O)CNC(=O)[C@H](CCC(N)=O)NC(=O)[C@@H](N)Cc1ccccc1)[C@@H](C)O)[C@@H](C)O)C(=O)O. The molecule has 47 heavy (non-hydrogen) atoms. The zero-order valence-corrected chi connectivity index (χ0v) is 26.9. The number of rotatable bonds is 20. The van der Waals surface area contributed by atoms with Crippen molar-refractivity contribution in [1.82, 2.24) is 26.6 Å². The Kier molecular flexibility index (Phi) is 17.0. The van der Waals surface area contributed by atoms with Crippen molar-refractivity contribution < 1.29 is 48.9 Å². The number of aliphatic hydroxyl groups excluding tert-OH is 2. The van der Waals surface area contributed by atoms with Crippen LogP contribution in [-0.4, -0.2) is 106 Å². The van der Waals surface area contributed by atoms with Gasteiger partial charge in [-0.15, -0.1) is 0 Å². The number of aliphatic carboxylic acids is 1. The van der Waals surface area contributed by atoms with Crippen molar-refractivity contribution in [2.24, 2.45) is 17.4 Å². The number of nitrogens with one attached hydrogen (secondary N) is 5. The molecular formula is C30H47N7O10. The van der Waals surface area contributed by atoms with Crippen molar-refractivity contribution in [2.75, 3.05) is 6.54 Å². The highest BCUT2D eigenvalue weighted by Crippen LogP contribution is 2.09. The van der Waals surface area contributed by atoms with Crippen molar-refractivity contribution in [1.29, 1.82) is 0 Å². The fourth-order valence-corrected chi connectivity index (χ4v) is 4.29. The Morgan fingerprint density at radius 2 is 1.30 bits per heavy atom. The highest BCUT2D eigenvalue weighted by molar-refractivity contribution is 5.95. The molecule has 1 aromatic rings. The highest BCUT2D eigenvalue weighted by Gasteiger charge is 2.35. The number of hydrogen-bond donors (Lipinski definition) is 10. The van der Waals surface area contributed by atoms with E-state index in [1.54, 1.807) is 44.2 Å². The standard InChI is InChI=1S/C30H47N7O10/c1-5-15(2)23(30(46)47)36-29(45)25(17(4)39)37-28(44)24(16(3)38)35-22(41)14-33-27(43)20(11-12-21(32)40)34-26(42)19(31)13-18-9-7-6-8-10-18/h6-10,15-17,19-20,23-25,38-39H,5,11-14,31H2,1-4H3,(H2,32,40)(H,33,43)(H,34,42)(H,35,41)(H,36,45)(H,37,44)(H,46,47)/t15-,16+,17+,19-,20-,23-,24-,25-/m0/s1. The van der Waals surface area contributed by atoms with E-state index in [1.807, 2.05) is 0 Å². The second-order valence-electron chi connectivity index (χ2n) is 11.3. The van der Waals surface area contributed by atoms with E-state index in [0.717, 1.165) is 12.5 Å². The number of carbonyl (C=O) groups excluding carboxylic acids is 6. The fraction of sp³-hybridized carbons (Fsp3) is 0.567. The predicted molar refractivity (Wildman–Crippen MR) is 168 cm³/mol. The molecule has 0 aliphatic heterocycles. The summed E-state index contributed by atoms with van der Waals surface area (Å²) in [5.74, 6) is -7.13. The summed E-state index contributed by atoms with van der Waals surface area (Å²) in [6.45, 7) is 4.93. The maximum absolute atomic E-state index is 13.0. The Balaban J connectivity index is 2.89. The van der Waals surface area contributed by atoms with Gasteiger partial charge in [0.25, 0.3) is 0 Å². The molecule has 17 nitrogen and oxygen atoms in total. The van der Waals surface area contributed by atoms with Crippen molar-refractivity contribution in [2.45, 2.75) is 95.8 Å². The van der Waals surface area contributed by atoms with Crippen molar-refractivity contribution in [3.8, 4) is 0 Å². The number of carbonyl (C=O) groups is 7. The van der Waals surface area contributed by atoms with Crippen LogP contribution >= 0.6 is 0 Å². The first-order valence-electron chi connectivity index (χ1n) is 15.1. The molecule has 6 amide bonds. The lowest BCUT2D eigenvalue weighted by atomic mass is 9.98. The smallest absolute Gasteiger partial charge is 0.326 e. The predicted octanol–water partition coefficient (Wildman–Crippen LogP) is -3.23. The second kappa shape index (κ2) is 19.8. The lowest BCUT2D eigenvalue weighted by molar-refractivity contribution is -0.144. The van der Waals surface area contributed by atoms with E-state index in [4.69, 9.17) is 11.5 Å². The first-order valence-corrected chi connectivity index (χ1v) is 15.1. The summed E-state index contributed by atoms with van der Waals surface area (Å²) in [5, 5.41) is 41.2. The summed E-state index contributed by atoms with van der Waals surface area (Å²) in [6, 6.07) is 1.93. The molecule has 0 unspecified atom stereocenters. The molecule has 0 radical (unpaired) electrons. The second-order valence-corrected chi connectivity index (χ2v) is 11.3. The van der Waals surface area contributed by atoms with Crippen LogP contribution in [0.25, 0.3) is 0 Å². The number of nitrogens with two attached hydrogens (primary N) is 2. The molecule has 0 bridgehead atoms. The molecule has 1 aromatic carbocycles. The van der Waals surface area contributed by atoms with Crippen molar-refractivity contribution in [3.05, 3.63) is 35.9 Å². The number of amides is 6. The number of benzene rings is 1. The highest BCUT2D eigenvalue weighted by atomic mass is 16.4. The Labute approximate surface area is 272 Å². The van der Waals surface area contributed by atoms with Gasteiger partial charge in [0.15, 0.2) is 0 Å². The molecular weight excluding hydrogens is 618 g/mol. The van der Waals surface area contributed by atoms with Gasteiger partial charge >= 0.3 is 5.97 Å². The molecule has 0 aliphatic rings. The van der Waals surface area contributed by atoms with Crippen LogP contribution in [0.15, 0.2) is 30.3 Å². The topological polar surface area (TPSA) is 292 Å². The van der Waals surface area contributed by atoms with Crippen LogP contribution < -0.4 is 38.1 Å². The van der Waals surface area contributed by atoms with E-state index in [-0.39, 0.29) is 19.3 Å². The lowest BCUT2D eigenvalue weighted by Crippen LogP contribution is -2.62. The monoisotopic (exact) mass is 665 g/mol. The third kappa shape index (κ3) is 14.1. The molecule has 1 rings (SSSR count). The average molecular weight is 666 g/mol. The van der Waals surface area contributed by atoms with Gasteiger partial charge < -0.3 is 53.4 Å². The number of carboxylic acid groups (broad SMARTS) is 1. The molecule has 262 valence electrons. The normalized spacial score (nSPS) is 16.1. The zero-order valence-electron chi connectivity index (χ0n) is 26.9. The summed E-state index contributed by atoms with van der Waals surface area (Å²) in [4.78, 5) is 87.0. The van der Waals surface area contributed by atoms with Gasteiger partial charge in [-0.25, -0.2) is 4.79 Å². The molecule has 12 N–H and O–H groups in total. The number of carboxylic acids is 1. The van der Waals surface area contributed by atoms with E-state index in [2.05, 4.69) is 26.6 Å². The minimum atomic E-state index is -1.67. The Morgan fingerprint density at radius 1 is 0.766 bits per heavy atom. The van der Waals surface area contributed by atoms with Crippen molar-refractivity contribution >= 4 is 41.4 Å². The fourth-order valence-electron chi connectivity index (χ4n) is 4.29. The van der Waals surface area contributed by atoms with E-state index in [9.17, 15) is 48.9 Å². The summed E-state index contributed by atoms with van der Waals surface area (Å²) >= 11 is 0. The van der Waals surface area contributed by atoms with Gasteiger partial charge in [-0.1, -0.05) is 50.6 Å². The van der Waals surface area contributed by atoms with Gasteiger partial charge in [0.05, 0.1) is 24.8 Å². The van der Waals surface area contributed by atoms with Gasteiger partial charge in [0.2, 0.25) is 35.4 Å². The van der Waals surface area contributed by atoms with Crippen LogP contribution in [0, 0.1) is 5.92 Å². The number of hydrogen-bond acceptors (Lipinski definition) is 10. The molecule has 17 heteroatoms. The van der Waals surface area contributed by atoms with Gasteiger partial charge in [-0.05, 0) is 38.2 Å². The lowest BCUT2D eigenvalue weighted by Gasteiger charge is -2.28. The molecule has 0 aromatic heterocycles. The van der Waals surface area contributed by atoms with Crippen LogP contribution in [-0.2, 0) is 40.0 Å². The molecule has 8 atom stereocenters. The first-order chi connectivity index (χ1) is 22.0. The van der Waals surface area contributed by atoms with Crippen LogP contribution in [0.1, 0.15) is 52.5 Å². The van der Waals surface area contributed by atoms with Crippen LogP contribution in [0.5, 0.6) is 0 Å². The van der Waals surface area contributed by atoms with Crippen molar-refractivity contribution in [3.63, 3.8) is 0 Å². The maximum atomic E-state index is 13.0. The van der Waals surface area contributed by atoms with Gasteiger partial charge in [-0.3, -0.25) is 28.8 Å². The molecule has 0 heterocycles. The van der Waals surface area contributed by atoms with Gasteiger partial charge in [0, 0.05) is 6.42 Å². The molecule has 0 saturated heterocycles. The first kappa shape index (κ1) is 40.4. The summed E-state index contributed by atoms with van der Waals surface area (Å²) in [6.07, 6.45) is -2.91. The Hall–Kier alpha value is -4.61. The minimum Gasteiger partial charge on any atom is -0.480 e. The number of primary amides is 1. The summed E-state index contributed by atoms with van der Waals surface area (Å²) < 4.78 is 0. The van der Waals surface area contributed by atoms with Crippen LogP contribution in [0.4, 0.5) is 0 Å². The quantitative estimate of drug-likeness (QED) is 0.0660. The summed E-state index contributed by atoms with van der Waals surface area (Å²) in [7, 11) is 0. The van der Waals surface area contributed by atoms with E-state index >= 15 is 0 Å². The maximum Gasteiger partial charge on any atom is 0.326 e. The van der Waals surface area contributed by atoms with E-state index < -0.39 is 96.3 Å². The van der Waals surface area contributed by atoms with Gasteiger partial charge in [0.1, 0.15) is 24.2 Å². The molecule has 0 aliphatic carbocycles. The molecule has 0 spiro atoms. The Bertz CT molecular complexity index is 1240. The van der Waals surface area contributed by atoms with E-state index in [0.29, 0.717) is 6.42 Å². The third-order valence-electron chi connectivity index (χ3n) is 7.29. The number of aliphatic hydroxyl groups is 2.